The molecule has 1 aromatic rings. The van der Waals surface area contributed by atoms with Crippen LogP contribution in [0.1, 0.15) is 19.8 Å². The number of nitrogens with one attached hydrogen (secondary N) is 1. The van der Waals surface area contributed by atoms with Gasteiger partial charge < -0.3 is 10.1 Å². The van der Waals surface area contributed by atoms with Crippen molar-refractivity contribution in [3.05, 3.63) is 24.0 Å². The summed E-state index contributed by atoms with van der Waals surface area (Å²) in [6, 6.07) is 3.41. The largest absolute Gasteiger partial charge is 0.495 e. The van der Waals surface area contributed by atoms with Crippen LogP contribution in [-0.2, 0) is 14.8 Å². The SMILES string of the molecule is CCNC(=O)C1CCN(S(=O)(=O)c2cc(F)ccc2OC)CC1. The lowest BCUT2D eigenvalue weighted by Crippen LogP contribution is -2.43. The second-order valence-corrected chi connectivity index (χ2v) is 7.27. The number of benzene rings is 1. The topological polar surface area (TPSA) is 75.7 Å². The Morgan fingerprint density at radius 1 is 1.39 bits per heavy atom. The number of carbonyl (C=O) groups excluding carboxylic acids is 1. The number of hydrogen-bond acceptors (Lipinski definition) is 4. The fourth-order valence-corrected chi connectivity index (χ4v) is 4.30. The number of sulfonamides is 1. The zero-order chi connectivity index (χ0) is 17.0. The third-order valence-electron chi connectivity index (χ3n) is 3.92. The van der Waals surface area contributed by atoms with E-state index in [9.17, 15) is 17.6 Å². The minimum Gasteiger partial charge on any atom is -0.495 e. The first-order valence-corrected chi connectivity index (χ1v) is 8.95. The molecule has 0 aliphatic carbocycles. The standard InChI is InChI=1S/C15H21FN2O4S/c1-3-17-15(19)11-6-8-18(9-7-11)23(20,21)14-10-12(16)4-5-13(14)22-2/h4-5,10-11H,3,6-9H2,1-2H3,(H,17,19). The van der Waals surface area contributed by atoms with Crippen LogP contribution in [0, 0.1) is 11.7 Å². The monoisotopic (exact) mass is 344 g/mol. The molecule has 1 aliphatic heterocycles. The molecule has 1 aromatic carbocycles. The molecule has 0 spiro atoms. The van der Waals surface area contributed by atoms with Gasteiger partial charge in [-0.15, -0.1) is 0 Å². The van der Waals surface area contributed by atoms with Gasteiger partial charge in [-0.25, -0.2) is 12.8 Å². The third kappa shape index (κ3) is 3.81. The molecule has 1 amide bonds. The summed E-state index contributed by atoms with van der Waals surface area (Å²) < 4.78 is 45.2. The average molecular weight is 344 g/mol. The first-order valence-electron chi connectivity index (χ1n) is 7.51. The molecule has 1 aliphatic rings. The Bertz CT molecular complexity index is 670. The van der Waals surface area contributed by atoms with E-state index in [2.05, 4.69) is 5.32 Å². The number of ether oxygens (including phenoxy) is 1. The molecule has 0 unspecified atom stereocenters. The minimum absolute atomic E-state index is 0.0483. The smallest absolute Gasteiger partial charge is 0.246 e. The molecule has 6 nitrogen and oxygen atoms in total. The summed E-state index contributed by atoms with van der Waals surface area (Å²) in [7, 11) is -2.51. The Labute approximate surface area is 135 Å². The average Bonchev–Trinajstić information content (AvgIpc) is 2.55. The molecular weight excluding hydrogens is 323 g/mol. The highest BCUT2D eigenvalue weighted by atomic mass is 32.2. The molecule has 128 valence electrons. The van der Waals surface area contributed by atoms with Gasteiger partial charge in [-0.2, -0.15) is 4.31 Å². The first-order chi connectivity index (χ1) is 10.9. The predicted molar refractivity (Wildman–Crippen MR) is 83.1 cm³/mol. The van der Waals surface area contributed by atoms with Gasteiger partial charge in [0.05, 0.1) is 7.11 Å². The molecule has 1 N–H and O–H groups in total. The maximum atomic E-state index is 13.4. The lowest BCUT2D eigenvalue weighted by Gasteiger charge is -2.30. The van der Waals surface area contributed by atoms with Gasteiger partial charge in [0.25, 0.3) is 0 Å². The molecule has 1 heterocycles. The van der Waals surface area contributed by atoms with E-state index in [1.54, 1.807) is 0 Å². The molecule has 8 heteroatoms. The number of rotatable bonds is 5. The number of piperidine rings is 1. The van der Waals surface area contributed by atoms with Crippen molar-refractivity contribution in [1.29, 1.82) is 0 Å². The van der Waals surface area contributed by atoms with Gasteiger partial charge in [0.2, 0.25) is 15.9 Å². The normalized spacial score (nSPS) is 17.0. The van der Waals surface area contributed by atoms with Crippen LogP contribution in [0.5, 0.6) is 5.75 Å². The van der Waals surface area contributed by atoms with Crippen LogP contribution in [0.15, 0.2) is 23.1 Å². The minimum atomic E-state index is -3.85. The van der Waals surface area contributed by atoms with Crippen LogP contribution >= 0.6 is 0 Å². The molecule has 0 aromatic heterocycles. The van der Waals surface area contributed by atoms with E-state index in [-0.39, 0.29) is 35.6 Å². The number of methoxy groups -OCH3 is 1. The number of hydrogen-bond donors (Lipinski definition) is 1. The molecule has 23 heavy (non-hydrogen) atoms. The maximum absolute atomic E-state index is 13.4. The van der Waals surface area contributed by atoms with Crippen molar-refractivity contribution in [1.82, 2.24) is 9.62 Å². The van der Waals surface area contributed by atoms with Gasteiger partial charge in [-0.1, -0.05) is 0 Å². The highest BCUT2D eigenvalue weighted by Crippen LogP contribution is 2.30. The zero-order valence-corrected chi connectivity index (χ0v) is 14.0. The fourth-order valence-electron chi connectivity index (χ4n) is 2.67. The van der Waals surface area contributed by atoms with E-state index < -0.39 is 15.8 Å². The Hall–Kier alpha value is -1.67. The predicted octanol–water partition coefficient (Wildman–Crippen LogP) is 1.37. The lowest BCUT2D eigenvalue weighted by atomic mass is 9.97. The van der Waals surface area contributed by atoms with E-state index in [0.717, 1.165) is 12.1 Å². The van der Waals surface area contributed by atoms with Crippen molar-refractivity contribution < 1.29 is 22.3 Å². The second-order valence-electron chi connectivity index (χ2n) is 5.37. The van der Waals surface area contributed by atoms with Gasteiger partial charge in [-0.3, -0.25) is 4.79 Å². The summed E-state index contributed by atoms with van der Waals surface area (Å²) in [5.74, 6) is -0.762. The molecule has 0 radical (unpaired) electrons. The summed E-state index contributed by atoms with van der Waals surface area (Å²) in [4.78, 5) is 11.6. The van der Waals surface area contributed by atoms with Gasteiger partial charge in [0.15, 0.2) is 0 Å². The van der Waals surface area contributed by atoms with Crippen LogP contribution < -0.4 is 10.1 Å². The van der Waals surface area contributed by atoms with E-state index in [1.165, 1.54) is 17.5 Å². The second kappa shape index (κ2) is 7.27. The van der Waals surface area contributed by atoms with Gasteiger partial charge in [0, 0.05) is 25.6 Å². The number of nitrogens with zero attached hydrogens (tertiary/aromatic N) is 1. The van der Waals surface area contributed by atoms with Crippen LogP contribution in [0.25, 0.3) is 0 Å². The number of carbonyl (C=O) groups is 1. The Morgan fingerprint density at radius 3 is 2.61 bits per heavy atom. The first kappa shape index (κ1) is 17.7. The van der Waals surface area contributed by atoms with Crippen molar-refractivity contribution in [2.45, 2.75) is 24.7 Å². The highest BCUT2D eigenvalue weighted by Gasteiger charge is 2.33. The molecular formula is C15H21FN2O4S. The van der Waals surface area contributed by atoms with E-state index in [4.69, 9.17) is 4.74 Å². The Kier molecular flexibility index (Phi) is 5.59. The fraction of sp³-hybridized carbons (Fsp3) is 0.533. The lowest BCUT2D eigenvalue weighted by molar-refractivity contribution is -0.126. The molecule has 2 rings (SSSR count). The quantitative estimate of drug-likeness (QED) is 0.875. The third-order valence-corrected chi connectivity index (χ3v) is 5.84. The van der Waals surface area contributed by atoms with Crippen LogP contribution in [-0.4, -0.2) is 45.4 Å². The summed E-state index contributed by atoms with van der Waals surface area (Å²) in [6.07, 6.45) is 0.894. The number of halogens is 1. The highest BCUT2D eigenvalue weighted by molar-refractivity contribution is 7.89. The van der Waals surface area contributed by atoms with Crippen molar-refractivity contribution in [2.75, 3.05) is 26.7 Å². The summed E-state index contributed by atoms with van der Waals surface area (Å²) in [5, 5.41) is 2.75. The van der Waals surface area contributed by atoms with Crippen molar-refractivity contribution in [3.8, 4) is 5.75 Å². The molecule has 0 atom stereocenters. The Morgan fingerprint density at radius 2 is 2.04 bits per heavy atom. The van der Waals surface area contributed by atoms with E-state index in [1.807, 2.05) is 6.92 Å². The van der Waals surface area contributed by atoms with Crippen molar-refractivity contribution in [3.63, 3.8) is 0 Å². The molecule has 1 saturated heterocycles. The zero-order valence-electron chi connectivity index (χ0n) is 13.2. The summed E-state index contributed by atoms with van der Waals surface area (Å²) in [5.41, 5.74) is 0. The molecule has 0 bridgehead atoms. The van der Waals surface area contributed by atoms with Crippen molar-refractivity contribution in [2.24, 2.45) is 5.92 Å². The summed E-state index contributed by atoms with van der Waals surface area (Å²) >= 11 is 0. The van der Waals surface area contributed by atoms with Crippen LogP contribution in [0.4, 0.5) is 4.39 Å². The van der Waals surface area contributed by atoms with Crippen molar-refractivity contribution >= 4 is 15.9 Å². The summed E-state index contributed by atoms with van der Waals surface area (Å²) in [6.45, 7) is 2.85. The molecule has 0 saturated carbocycles. The van der Waals surface area contributed by atoms with Crippen LogP contribution in [0.3, 0.4) is 0 Å². The van der Waals surface area contributed by atoms with Gasteiger partial charge in [0.1, 0.15) is 16.5 Å². The molecule has 1 fully saturated rings. The van der Waals surface area contributed by atoms with Crippen LogP contribution in [0.2, 0.25) is 0 Å². The number of amides is 1. The maximum Gasteiger partial charge on any atom is 0.246 e. The van der Waals surface area contributed by atoms with Gasteiger partial charge >= 0.3 is 0 Å². The van der Waals surface area contributed by atoms with E-state index >= 15 is 0 Å². The Balaban J connectivity index is 2.16. The van der Waals surface area contributed by atoms with E-state index in [0.29, 0.717) is 19.4 Å². The van der Waals surface area contributed by atoms with Gasteiger partial charge in [-0.05, 0) is 38.0 Å².